The number of hydrogen-bond acceptors (Lipinski definition) is 9. The Labute approximate surface area is 210 Å². The van der Waals surface area contributed by atoms with Crippen LogP contribution < -0.4 is 26.8 Å². The second kappa shape index (κ2) is 9.00. The van der Waals surface area contributed by atoms with Crippen molar-refractivity contribution in [2.75, 3.05) is 31.6 Å². The number of barbiturate groups is 1. The Kier molecular flexibility index (Phi) is 5.94. The number of aromatic nitrogens is 2. The Morgan fingerprint density at radius 1 is 1.14 bits per heavy atom. The number of benzene rings is 1. The zero-order valence-corrected chi connectivity index (χ0v) is 20.4. The minimum absolute atomic E-state index is 0.0544. The van der Waals surface area contributed by atoms with Gasteiger partial charge >= 0.3 is 11.7 Å². The third kappa shape index (κ3) is 3.91. The van der Waals surface area contributed by atoms with E-state index in [1.54, 1.807) is 12.1 Å². The first-order valence-corrected chi connectivity index (χ1v) is 12.0. The molecule has 0 saturated carbocycles. The van der Waals surface area contributed by atoms with Gasteiger partial charge in [-0.05, 0) is 43.7 Å². The maximum atomic E-state index is 13.2. The molecule has 4 amide bonds. The lowest BCUT2D eigenvalue weighted by molar-refractivity contribution is -0.147. The van der Waals surface area contributed by atoms with Crippen LogP contribution in [0, 0.1) is 5.41 Å². The Morgan fingerprint density at radius 2 is 1.86 bits per heavy atom. The summed E-state index contributed by atoms with van der Waals surface area (Å²) in [6.07, 6.45) is 1.80. The number of H-pyrrole nitrogens is 1. The smallest absolute Gasteiger partial charge is 0.331 e. The monoisotopic (exact) mass is 509 g/mol. The molecule has 2 aromatic rings. The molecule has 3 aliphatic heterocycles. The molecule has 4 N–H and O–H groups in total. The summed E-state index contributed by atoms with van der Waals surface area (Å²) in [6.45, 7) is 3.82. The normalized spacial score (nSPS) is 21.1. The van der Waals surface area contributed by atoms with Gasteiger partial charge in [0.05, 0.1) is 11.7 Å². The van der Waals surface area contributed by atoms with Gasteiger partial charge in [0.15, 0.2) is 5.41 Å². The highest BCUT2D eigenvalue weighted by molar-refractivity contribution is 6.20. The molecule has 2 saturated heterocycles. The van der Waals surface area contributed by atoms with Gasteiger partial charge in [0.1, 0.15) is 5.56 Å². The maximum Gasteiger partial charge on any atom is 0.331 e. The van der Waals surface area contributed by atoms with Crippen LogP contribution in [-0.4, -0.2) is 76.3 Å². The average molecular weight is 510 g/mol. The number of aromatic hydroxyl groups is 1. The second-order valence-corrected chi connectivity index (χ2v) is 9.58. The topological polar surface area (TPSA) is 169 Å². The first-order valence-electron chi connectivity index (χ1n) is 12.0. The van der Waals surface area contributed by atoms with Crippen LogP contribution >= 0.6 is 0 Å². The highest BCUT2D eigenvalue weighted by Gasteiger charge is 2.60. The lowest BCUT2D eigenvalue weighted by Crippen LogP contribution is -2.74. The van der Waals surface area contributed by atoms with E-state index in [4.69, 9.17) is 0 Å². The SMILES string of the molecule is CCCn1c(O)c(C=Nc2ccc3c(c2)CC2(C(=O)NC(=O)NC2=O)[C@@H]2CN(C)CCN32)c(=O)[nH]c1=O. The summed E-state index contributed by atoms with van der Waals surface area (Å²) in [5.74, 6) is -1.75. The third-order valence-corrected chi connectivity index (χ3v) is 7.26. The molecule has 4 heterocycles. The molecule has 0 bridgehead atoms. The van der Waals surface area contributed by atoms with Crippen LogP contribution in [0.3, 0.4) is 0 Å². The summed E-state index contributed by atoms with van der Waals surface area (Å²) < 4.78 is 1.06. The van der Waals surface area contributed by atoms with E-state index in [-0.39, 0.29) is 18.5 Å². The van der Waals surface area contributed by atoms with Crippen molar-refractivity contribution < 1.29 is 19.5 Å². The zero-order valence-electron chi connectivity index (χ0n) is 20.4. The first-order chi connectivity index (χ1) is 17.6. The van der Waals surface area contributed by atoms with E-state index < -0.39 is 46.4 Å². The quantitative estimate of drug-likeness (QED) is 0.314. The number of urea groups is 1. The molecule has 5 rings (SSSR count). The highest BCUT2D eigenvalue weighted by atomic mass is 16.3. The van der Waals surface area contributed by atoms with Crippen molar-refractivity contribution in [1.82, 2.24) is 25.1 Å². The van der Waals surface area contributed by atoms with Crippen molar-refractivity contribution in [3.8, 4) is 5.88 Å². The summed E-state index contributed by atoms with van der Waals surface area (Å²) in [5, 5.41) is 15.0. The summed E-state index contributed by atoms with van der Waals surface area (Å²) in [4.78, 5) is 73.1. The fourth-order valence-corrected chi connectivity index (χ4v) is 5.41. The van der Waals surface area contributed by atoms with Gasteiger partial charge in [0.2, 0.25) is 17.7 Å². The Hall–Kier alpha value is -4.26. The number of imide groups is 2. The molecule has 1 spiro atoms. The molecule has 0 unspecified atom stereocenters. The average Bonchev–Trinajstić information content (AvgIpc) is 2.84. The number of hydrogen-bond donors (Lipinski definition) is 4. The van der Waals surface area contributed by atoms with Crippen LogP contribution in [0.1, 0.15) is 24.5 Å². The molecule has 0 aliphatic carbocycles. The van der Waals surface area contributed by atoms with Crippen molar-refractivity contribution in [2.24, 2.45) is 10.4 Å². The van der Waals surface area contributed by atoms with Crippen LogP contribution in [0.5, 0.6) is 5.88 Å². The van der Waals surface area contributed by atoms with Gasteiger partial charge in [0.25, 0.3) is 5.56 Å². The number of nitrogens with one attached hydrogen (secondary N) is 3. The van der Waals surface area contributed by atoms with Gasteiger partial charge in [-0.15, -0.1) is 0 Å². The predicted molar refractivity (Wildman–Crippen MR) is 133 cm³/mol. The standard InChI is InChI=1S/C24H27N7O6/c1-3-6-31-19(33)15(18(32)26-23(31)37)11-25-14-4-5-16-13(9-14)10-24(17-12-29(2)7-8-30(16)17)20(34)27-22(36)28-21(24)35/h4-5,9,11,17,33H,3,6-8,10,12H2,1-2H3,(H,26,32,37)(H2,27,28,34,35,36)/t17-/m0/s1. The van der Waals surface area contributed by atoms with E-state index in [1.165, 1.54) is 6.21 Å². The molecule has 13 nitrogen and oxygen atoms in total. The molecule has 0 radical (unpaired) electrons. The van der Waals surface area contributed by atoms with Gasteiger partial charge in [-0.3, -0.25) is 39.6 Å². The number of rotatable bonds is 4. The van der Waals surface area contributed by atoms with E-state index >= 15 is 0 Å². The molecule has 13 heteroatoms. The molecule has 194 valence electrons. The predicted octanol–water partition coefficient (Wildman–Crippen LogP) is -0.568. The Bertz CT molecular complexity index is 1440. The number of aliphatic imine (C=N–C) groups is 1. The maximum absolute atomic E-state index is 13.2. The van der Waals surface area contributed by atoms with Crippen molar-refractivity contribution in [1.29, 1.82) is 0 Å². The lowest BCUT2D eigenvalue weighted by Gasteiger charge is -2.53. The van der Waals surface area contributed by atoms with E-state index in [1.807, 2.05) is 29.8 Å². The highest BCUT2D eigenvalue weighted by Crippen LogP contribution is 2.45. The number of likely N-dealkylation sites (N-methyl/N-ethyl adjacent to an activating group) is 1. The fraction of sp³-hybridized carbons (Fsp3) is 0.417. The molecule has 1 aromatic carbocycles. The van der Waals surface area contributed by atoms with Crippen LogP contribution in [0.4, 0.5) is 16.2 Å². The number of carbonyl (C=O) groups is 3. The summed E-state index contributed by atoms with van der Waals surface area (Å²) in [5.41, 5.74) is -1.18. The van der Waals surface area contributed by atoms with Crippen molar-refractivity contribution in [3.05, 3.63) is 50.2 Å². The van der Waals surface area contributed by atoms with Crippen LogP contribution in [0.15, 0.2) is 32.8 Å². The molecule has 1 aromatic heterocycles. The summed E-state index contributed by atoms with van der Waals surface area (Å²) >= 11 is 0. The minimum Gasteiger partial charge on any atom is -0.494 e. The van der Waals surface area contributed by atoms with Gasteiger partial charge in [-0.2, -0.15) is 0 Å². The Morgan fingerprint density at radius 3 is 2.57 bits per heavy atom. The third-order valence-electron chi connectivity index (χ3n) is 7.26. The van der Waals surface area contributed by atoms with E-state index in [0.717, 1.165) is 16.8 Å². The van der Waals surface area contributed by atoms with E-state index in [9.17, 15) is 29.1 Å². The van der Waals surface area contributed by atoms with Gasteiger partial charge < -0.3 is 14.9 Å². The largest absolute Gasteiger partial charge is 0.494 e. The minimum atomic E-state index is -1.51. The van der Waals surface area contributed by atoms with Crippen molar-refractivity contribution >= 4 is 35.4 Å². The summed E-state index contributed by atoms with van der Waals surface area (Å²) in [7, 11) is 1.92. The van der Waals surface area contributed by atoms with Crippen molar-refractivity contribution in [3.63, 3.8) is 0 Å². The molecule has 1 atom stereocenters. The number of amides is 4. The molecule has 37 heavy (non-hydrogen) atoms. The van der Waals surface area contributed by atoms with E-state index in [0.29, 0.717) is 30.8 Å². The van der Waals surface area contributed by atoms with Gasteiger partial charge in [-0.1, -0.05) is 6.92 Å². The summed E-state index contributed by atoms with van der Waals surface area (Å²) in [6, 6.07) is 3.98. The van der Waals surface area contributed by atoms with Crippen molar-refractivity contribution in [2.45, 2.75) is 32.4 Å². The lowest BCUT2D eigenvalue weighted by atomic mass is 9.68. The van der Waals surface area contributed by atoms with Crippen LogP contribution in [0.2, 0.25) is 0 Å². The number of aromatic amines is 1. The Balaban J connectivity index is 1.55. The number of nitrogens with zero attached hydrogens (tertiary/aromatic N) is 4. The zero-order chi connectivity index (χ0) is 26.5. The van der Waals surface area contributed by atoms with E-state index in [2.05, 4.69) is 20.6 Å². The molecule has 3 aliphatic rings. The number of fused-ring (bicyclic) bond motifs is 4. The second-order valence-electron chi connectivity index (χ2n) is 9.58. The molecular formula is C24H27N7O6. The number of piperazine rings is 1. The number of anilines is 1. The van der Waals surface area contributed by atoms with Gasteiger partial charge in [0, 0.05) is 38.1 Å². The van der Waals surface area contributed by atoms with Crippen LogP contribution in [-0.2, 0) is 22.6 Å². The first kappa shape index (κ1) is 24.4. The van der Waals surface area contributed by atoms with Crippen LogP contribution in [0.25, 0.3) is 0 Å². The number of carbonyl (C=O) groups excluding carboxylic acids is 3. The fourth-order valence-electron chi connectivity index (χ4n) is 5.41. The molecular weight excluding hydrogens is 482 g/mol. The molecule has 2 fully saturated rings. The van der Waals surface area contributed by atoms with Gasteiger partial charge in [-0.25, -0.2) is 9.59 Å².